The van der Waals surface area contributed by atoms with Crippen molar-refractivity contribution in [2.24, 2.45) is 5.92 Å². The van der Waals surface area contributed by atoms with E-state index in [0.717, 1.165) is 13.4 Å². The number of hydrogen-bond donors (Lipinski definition) is 8. The molecule has 1 saturated heterocycles. The molecule has 1 rings (SSSR count). The van der Waals surface area contributed by atoms with E-state index >= 15 is 0 Å². The molecule has 0 aromatic heterocycles. The van der Waals surface area contributed by atoms with Crippen molar-refractivity contribution in [3.05, 3.63) is 0 Å². The predicted molar refractivity (Wildman–Crippen MR) is 284 cm³/mol. The van der Waals surface area contributed by atoms with Crippen LogP contribution in [0.4, 0.5) is 0 Å². The fourth-order valence-electron chi connectivity index (χ4n) is 6.54. The summed E-state index contributed by atoms with van der Waals surface area (Å²) in [6, 6.07) is -2.45. The van der Waals surface area contributed by atoms with Crippen LogP contribution in [0, 0.1) is 5.92 Å². The summed E-state index contributed by atoms with van der Waals surface area (Å²) in [5.41, 5.74) is -2.20. The minimum Gasteiger partial charge on any atom is -0.481 e. The third kappa shape index (κ3) is 41.2. The average molecular weight is 1130 g/mol. The number of nitrogens with one attached hydrogen (secondary N) is 2. The maximum absolute atomic E-state index is 13.5. The number of carboxylic acids is 2. The molecule has 0 radical (unpaired) electrons. The minimum absolute atomic E-state index is 0.0445. The molecule has 6 atom stereocenters. The number of aliphatic carboxylic acids is 2. The van der Waals surface area contributed by atoms with Gasteiger partial charge in [0.25, 0.3) is 0 Å². The van der Waals surface area contributed by atoms with Crippen molar-refractivity contribution in [1.29, 1.82) is 0 Å². The third-order valence-electron chi connectivity index (χ3n) is 10.2. The summed E-state index contributed by atoms with van der Waals surface area (Å²) in [6.45, 7) is 20.8. The number of ketones is 1. The number of amides is 2. The molecule has 0 spiro atoms. The highest BCUT2D eigenvalue weighted by Gasteiger charge is 2.31. The van der Waals surface area contributed by atoms with Gasteiger partial charge >= 0.3 is 29.8 Å². The highest BCUT2D eigenvalue weighted by atomic mass is 31.2. The maximum Gasteiger partial charge on any atom is 0.329 e. The summed E-state index contributed by atoms with van der Waals surface area (Å²) < 4.78 is 29.3. The van der Waals surface area contributed by atoms with Crippen LogP contribution < -0.4 is 10.6 Å². The van der Waals surface area contributed by atoms with Crippen LogP contribution in [0.5, 0.6) is 0 Å². The Morgan fingerprint density at radius 2 is 0.960 bits per heavy atom. The summed E-state index contributed by atoms with van der Waals surface area (Å²) in [5, 5.41) is 30.2. The molecule has 0 aromatic carbocycles. The lowest BCUT2D eigenvalue weighted by Gasteiger charge is -2.28. The summed E-state index contributed by atoms with van der Waals surface area (Å²) >= 11 is 0. The summed E-state index contributed by atoms with van der Waals surface area (Å²) in [7, 11) is -6.26. The number of Topliss-reactive ketones (excluding diaryl/α,β-unsaturated/α-hetero) is 1. The van der Waals surface area contributed by atoms with Gasteiger partial charge in [-0.05, 0) is 94.7 Å². The molecule has 1 aliphatic heterocycles. The Morgan fingerprint density at radius 1 is 0.600 bits per heavy atom. The number of rotatable bonds is 29. The van der Waals surface area contributed by atoms with Gasteiger partial charge in [0, 0.05) is 126 Å². The number of aldehydes is 1. The first-order chi connectivity index (χ1) is 34.5. The molecule has 8 N–H and O–H groups in total. The Morgan fingerprint density at radius 3 is 1.32 bits per heavy atom. The van der Waals surface area contributed by atoms with Crippen LogP contribution in [-0.2, 0) is 61.9 Å². The van der Waals surface area contributed by atoms with Crippen molar-refractivity contribution in [2.45, 2.75) is 163 Å². The second kappa shape index (κ2) is 37.3. The third-order valence-corrected chi connectivity index (χ3v) is 14.9. The van der Waals surface area contributed by atoms with Crippen LogP contribution in [0.3, 0.4) is 0 Å². The van der Waals surface area contributed by atoms with E-state index in [4.69, 9.17) is 29.5 Å². The fraction of sp³-hybridized carbons (Fsp3) is 0.812. The molecule has 2 amide bonds. The van der Waals surface area contributed by atoms with E-state index in [0.29, 0.717) is 58.3 Å². The first kappa shape index (κ1) is 73.5. The monoisotopic (exact) mass is 1130 g/mol. The van der Waals surface area contributed by atoms with Gasteiger partial charge in [0.15, 0.2) is 0 Å². The lowest BCUT2D eigenvalue weighted by molar-refractivity contribution is -0.160. The number of carbonyl (C=O) groups is 9. The molecule has 5 unspecified atom stereocenters. The SMILES string of the molecule is CC(=O)CCP(O)CN1CCN(CP(O)CCC(=O)NC(CCC(=O)O)C(=O)OC(C)(C)C)CCN(CP(=O)(O)CCC(=O)NC(CCC(=O)O)C(=O)OC(C)(C)C)CC1.CO.C[C@@H](CCC=O)C(=O)OC(C)(C)C. The van der Waals surface area contributed by atoms with E-state index < -0.39 is 107 Å². The highest BCUT2D eigenvalue weighted by molar-refractivity contribution is 7.57. The normalized spacial score (nSPS) is 16.8. The van der Waals surface area contributed by atoms with E-state index in [2.05, 4.69) is 10.6 Å². The quantitative estimate of drug-likeness (QED) is 0.0230. The average Bonchev–Trinajstić information content (AvgIpc) is 3.35. The molecule has 24 nitrogen and oxygen atoms in total. The number of nitrogens with zero attached hydrogens (tertiary/aromatic N) is 3. The maximum atomic E-state index is 13.5. The van der Waals surface area contributed by atoms with Crippen molar-refractivity contribution in [2.75, 3.05) is 83.7 Å². The lowest BCUT2D eigenvalue weighted by Crippen LogP contribution is -2.44. The van der Waals surface area contributed by atoms with Crippen LogP contribution >= 0.6 is 23.7 Å². The summed E-state index contributed by atoms with van der Waals surface area (Å²) in [6.07, 6.45) is 0.413. The van der Waals surface area contributed by atoms with Crippen molar-refractivity contribution in [3.63, 3.8) is 0 Å². The van der Waals surface area contributed by atoms with E-state index in [-0.39, 0.29) is 74.8 Å². The van der Waals surface area contributed by atoms with Gasteiger partial charge in [-0.3, -0.25) is 43.2 Å². The lowest BCUT2D eigenvalue weighted by atomic mass is 10.1. The van der Waals surface area contributed by atoms with Crippen LogP contribution in [0.15, 0.2) is 0 Å². The molecule has 1 aliphatic rings. The Hall–Kier alpha value is -3.56. The second-order valence-corrected chi connectivity index (χ2v) is 27.0. The standard InChI is InChI=1S/C37H68N5O15P3.C10H18O3.CH4O/c1-27(43)12-21-58(52)24-40-15-16-41(25-59(53)22-13-30(44)38-28(8-10-32(46)47)34(50)56-36(2,3)4)18-20-42(19-17-40)26-60(54,55)23-14-31(45)39-29(9-11-33(48)49)35(51)57-37(5,6)7;1-8(6-5-7-11)9(12)13-10(2,3)4;1-2/h28-29,52-53H,8-26H2,1-7H3,(H,38,44)(H,39,45)(H,46,47)(H,48,49)(H,54,55);7-8H,5-6H2,1-4H3;2H,1H3/t;8-;/m.0./s1. The Balaban J connectivity index is 0. The molecule has 0 aromatic rings. The highest BCUT2D eigenvalue weighted by Crippen LogP contribution is 2.42. The van der Waals surface area contributed by atoms with Crippen molar-refractivity contribution in [1.82, 2.24) is 25.3 Å². The zero-order valence-corrected chi connectivity index (χ0v) is 49.0. The number of esters is 3. The van der Waals surface area contributed by atoms with E-state index in [9.17, 15) is 62.4 Å². The number of aliphatic hydroxyl groups is 1. The van der Waals surface area contributed by atoms with Gasteiger partial charge < -0.3 is 64.4 Å². The van der Waals surface area contributed by atoms with Gasteiger partial charge in [0.05, 0.1) is 12.2 Å². The number of aliphatic hydroxyl groups excluding tert-OH is 1. The van der Waals surface area contributed by atoms with Crippen LogP contribution in [0.1, 0.15) is 134 Å². The predicted octanol–water partition coefficient (Wildman–Crippen LogP) is 3.52. The van der Waals surface area contributed by atoms with Gasteiger partial charge in [0.2, 0.25) is 19.2 Å². The van der Waals surface area contributed by atoms with Crippen molar-refractivity contribution in [3.8, 4) is 0 Å². The Kier molecular flexibility index (Phi) is 36.5. The molecule has 436 valence electrons. The van der Waals surface area contributed by atoms with E-state index in [1.807, 2.05) is 30.6 Å². The fourth-order valence-corrected chi connectivity index (χ4v) is 10.9. The molecule has 1 fully saturated rings. The van der Waals surface area contributed by atoms with E-state index in [1.54, 1.807) is 53.4 Å². The minimum atomic E-state index is -3.99. The van der Waals surface area contributed by atoms with Gasteiger partial charge in [-0.15, -0.1) is 0 Å². The van der Waals surface area contributed by atoms with Gasteiger partial charge in [-0.25, -0.2) is 9.59 Å². The molecule has 1 heterocycles. The van der Waals surface area contributed by atoms with E-state index in [1.165, 1.54) is 6.92 Å². The zero-order chi connectivity index (χ0) is 58.3. The zero-order valence-electron chi connectivity index (χ0n) is 46.3. The number of ether oxygens (including phenoxy) is 3. The Labute approximate surface area is 445 Å². The van der Waals surface area contributed by atoms with Crippen molar-refractivity contribution >= 4 is 77.4 Å². The smallest absolute Gasteiger partial charge is 0.329 e. The van der Waals surface area contributed by atoms with Crippen molar-refractivity contribution < 1.29 is 91.9 Å². The van der Waals surface area contributed by atoms with Crippen LogP contribution in [0.25, 0.3) is 0 Å². The molecule has 75 heavy (non-hydrogen) atoms. The molecular weight excluding hydrogens is 1040 g/mol. The molecule has 27 heteroatoms. The van der Waals surface area contributed by atoms with Gasteiger partial charge in [0.1, 0.15) is 41.0 Å². The summed E-state index contributed by atoms with van der Waals surface area (Å²) in [4.78, 5) is 145. The molecule has 0 saturated carbocycles. The van der Waals surface area contributed by atoms with Gasteiger partial charge in [-0.2, -0.15) is 0 Å². The molecule has 0 bridgehead atoms. The number of carbonyl (C=O) groups excluding carboxylic acids is 7. The van der Waals surface area contributed by atoms with Crippen LogP contribution in [-0.4, -0.2) is 211 Å². The van der Waals surface area contributed by atoms with Crippen LogP contribution in [0.2, 0.25) is 0 Å². The number of hydrogen-bond acceptors (Lipinski definition) is 19. The first-order valence-corrected chi connectivity index (χ1v) is 30.3. The molecular formula is C48H90N5O19P3. The van der Waals surface area contributed by atoms with Gasteiger partial charge in [-0.1, -0.05) is 6.92 Å². The number of carboxylic acid groups (broad SMARTS) is 2. The first-order valence-electron chi connectivity index (χ1n) is 24.9. The largest absolute Gasteiger partial charge is 0.481 e. The summed E-state index contributed by atoms with van der Waals surface area (Å²) in [5.74, 6) is -5.65. The Bertz CT molecular complexity index is 1840. The molecule has 0 aliphatic carbocycles. The topological polar surface area (TPSA) is 354 Å². The second-order valence-electron chi connectivity index (χ2n) is 21.1.